The Morgan fingerprint density at radius 1 is 0.938 bits per heavy atom. The molecule has 0 amide bonds. The molecule has 4 heteroatoms. The van der Waals surface area contributed by atoms with Crippen molar-refractivity contribution >= 4 is 29.0 Å². The topological polar surface area (TPSA) is 43.7 Å². The number of hydrogen-bond donors (Lipinski definition) is 2. The Kier molecular flexibility index (Phi) is 2.85. The predicted octanol–water partition coefficient (Wildman–Crippen LogP) is 0.586. The van der Waals surface area contributed by atoms with Crippen molar-refractivity contribution in [2.24, 2.45) is 0 Å². The van der Waals surface area contributed by atoms with E-state index >= 15 is 0 Å². The quantitative estimate of drug-likeness (QED) is 0.720. The van der Waals surface area contributed by atoms with Gasteiger partial charge in [0.1, 0.15) is 0 Å². The summed E-state index contributed by atoms with van der Waals surface area (Å²) in [6.07, 6.45) is 0. The third-order valence-corrected chi connectivity index (χ3v) is 2.69. The molecule has 0 spiro atoms. The first kappa shape index (κ1) is 11.0. The van der Waals surface area contributed by atoms with Gasteiger partial charge in [-0.3, -0.25) is 0 Å². The molecule has 0 saturated carbocycles. The first-order valence-electron chi connectivity index (χ1n) is 5.16. The molecular formula is C12H14BNO2. The lowest BCUT2D eigenvalue weighted by molar-refractivity contribution is 0.426. The molecule has 0 fully saturated rings. The van der Waals surface area contributed by atoms with Gasteiger partial charge in [-0.2, -0.15) is 0 Å². The Hall–Kier alpha value is -1.52. The largest absolute Gasteiger partial charge is 0.489 e. The lowest BCUT2D eigenvalue weighted by atomic mass is 9.77. The van der Waals surface area contributed by atoms with Crippen LogP contribution < -0.4 is 10.4 Å². The minimum absolute atomic E-state index is 0.543. The highest BCUT2D eigenvalue weighted by Gasteiger charge is 2.16. The normalized spacial score (nSPS) is 10.5. The van der Waals surface area contributed by atoms with Gasteiger partial charge in [-0.1, -0.05) is 30.3 Å². The molecule has 0 heterocycles. The second-order valence-electron chi connectivity index (χ2n) is 3.99. The summed E-state index contributed by atoms with van der Waals surface area (Å²) in [6.45, 7) is 0. The Morgan fingerprint density at radius 2 is 1.56 bits per heavy atom. The number of hydrogen-bond acceptors (Lipinski definition) is 3. The van der Waals surface area contributed by atoms with Gasteiger partial charge in [-0.05, 0) is 16.9 Å². The third-order valence-electron chi connectivity index (χ3n) is 2.69. The van der Waals surface area contributed by atoms with Crippen molar-refractivity contribution in [3.63, 3.8) is 0 Å². The summed E-state index contributed by atoms with van der Waals surface area (Å²) in [5.41, 5.74) is 1.61. The first-order valence-corrected chi connectivity index (χ1v) is 5.16. The number of benzene rings is 2. The van der Waals surface area contributed by atoms with Gasteiger partial charge in [0.2, 0.25) is 0 Å². The average Bonchev–Trinajstić information content (AvgIpc) is 2.27. The van der Waals surface area contributed by atoms with Gasteiger partial charge in [0.05, 0.1) is 0 Å². The summed E-state index contributed by atoms with van der Waals surface area (Å²) in [5, 5.41) is 20.5. The molecule has 2 aromatic rings. The average molecular weight is 215 g/mol. The Morgan fingerprint density at radius 3 is 2.12 bits per heavy atom. The van der Waals surface area contributed by atoms with Crippen LogP contribution in [0.25, 0.3) is 10.8 Å². The smallest absolute Gasteiger partial charge is 0.423 e. The minimum atomic E-state index is -1.43. The zero-order valence-corrected chi connectivity index (χ0v) is 9.38. The molecule has 0 aliphatic carbocycles. The van der Waals surface area contributed by atoms with Crippen LogP contribution in [0.5, 0.6) is 0 Å². The lowest BCUT2D eigenvalue weighted by Crippen LogP contribution is -2.30. The Bertz CT molecular complexity index is 465. The van der Waals surface area contributed by atoms with Crippen LogP contribution in [0.4, 0.5) is 5.69 Å². The van der Waals surface area contributed by atoms with Crippen molar-refractivity contribution in [3.05, 3.63) is 36.4 Å². The number of anilines is 1. The molecule has 2 N–H and O–H groups in total. The molecule has 0 atom stereocenters. The molecule has 0 aromatic heterocycles. The van der Waals surface area contributed by atoms with Crippen LogP contribution in [0.1, 0.15) is 0 Å². The van der Waals surface area contributed by atoms with Crippen LogP contribution in [0, 0.1) is 0 Å². The van der Waals surface area contributed by atoms with Crippen molar-refractivity contribution < 1.29 is 10.0 Å². The minimum Gasteiger partial charge on any atom is -0.423 e. The Labute approximate surface area is 95.1 Å². The van der Waals surface area contributed by atoms with Gasteiger partial charge in [0.25, 0.3) is 0 Å². The number of nitrogens with zero attached hydrogens (tertiary/aromatic N) is 1. The predicted molar refractivity (Wildman–Crippen MR) is 68.1 cm³/mol. The van der Waals surface area contributed by atoms with Crippen LogP contribution in [0.15, 0.2) is 36.4 Å². The second kappa shape index (κ2) is 4.16. The number of rotatable bonds is 2. The maximum Gasteiger partial charge on any atom is 0.489 e. The highest BCUT2D eigenvalue weighted by atomic mass is 16.4. The molecule has 0 aliphatic rings. The van der Waals surface area contributed by atoms with E-state index in [0.29, 0.717) is 5.46 Å². The van der Waals surface area contributed by atoms with Crippen molar-refractivity contribution in [3.8, 4) is 0 Å². The van der Waals surface area contributed by atoms with E-state index in [1.807, 2.05) is 49.3 Å². The van der Waals surface area contributed by atoms with Crippen molar-refractivity contribution in [2.75, 3.05) is 19.0 Å². The summed E-state index contributed by atoms with van der Waals surface area (Å²) >= 11 is 0. The van der Waals surface area contributed by atoms with Crippen LogP contribution >= 0.6 is 0 Å². The van der Waals surface area contributed by atoms with Gasteiger partial charge >= 0.3 is 7.12 Å². The fourth-order valence-corrected chi connectivity index (χ4v) is 1.92. The van der Waals surface area contributed by atoms with Gasteiger partial charge in [0, 0.05) is 25.2 Å². The summed E-state index contributed by atoms with van der Waals surface area (Å²) in [7, 11) is 2.51. The van der Waals surface area contributed by atoms with Gasteiger partial charge in [-0.15, -0.1) is 0 Å². The van der Waals surface area contributed by atoms with E-state index in [1.165, 1.54) is 0 Å². The number of fused-ring (bicyclic) bond motifs is 1. The fourth-order valence-electron chi connectivity index (χ4n) is 1.92. The molecular weight excluding hydrogens is 201 g/mol. The van der Waals surface area contributed by atoms with E-state index in [-0.39, 0.29) is 0 Å². The van der Waals surface area contributed by atoms with E-state index in [1.54, 1.807) is 6.07 Å². The van der Waals surface area contributed by atoms with Crippen molar-refractivity contribution in [1.82, 2.24) is 0 Å². The van der Waals surface area contributed by atoms with E-state index < -0.39 is 7.12 Å². The zero-order valence-electron chi connectivity index (χ0n) is 9.38. The molecule has 0 radical (unpaired) electrons. The molecule has 3 nitrogen and oxygen atoms in total. The zero-order chi connectivity index (χ0) is 11.7. The highest BCUT2D eigenvalue weighted by molar-refractivity contribution is 6.62. The Balaban J connectivity index is 2.77. The van der Waals surface area contributed by atoms with Gasteiger partial charge in [-0.25, -0.2) is 0 Å². The van der Waals surface area contributed by atoms with E-state index in [4.69, 9.17) is 0 Å². The molecule has 0 saturated heterocycles. The SMILES string of the molecule is CN(C)c1ccc(B(O)O)c2ccccc12. The maximum absolute atomic E-state index is 9.29. The monoisotopic (exact) mass is 215 g/mol. The van der Waals surface area contributed by atoms with E-state index in [9.17, 15) is 10.0 Å². The summed E-state index contributed by atoms with van der Waals surface area (Å²) in [5.74, 6) is 0. The van der Waals surface area contributed by atoms with E-state index in [0.717, 1.165) is 16.5 Å². The van der Waals surface area contributed by atoms with Gasteiger partial charge < -0.3 is 14.9 Å². The van der Waals surface area contributed by atoms with Crippen molar-refractivity contribution in [1.29, 1.82) is 0 Å². The highest BCUT2D eigenvalue weighted by Crippen LogP contribution is 2.23. The van der Waals surface area contributed by atoms with Gasteiger partial charge in [0.15, 0.2) is 0 Å². The fraction of sp³-hybridized carbons (Fsp3) is 0.167. The maximum atomic E-state index is 9.29. The molecule has 16 heavy (non-hydrogen) atoms. The van der Waals surface area contributed by atoms with Crippen LogP contribution in [0.2, 0.25) is 0 Å². The summed E-state index contributed by atoms with van der Waals surface area (Å²) in [4.78, 5) is 2.01. The summed E-state index contributed by atoms with van der Waals surface area (Å²) < 4.78 is 0. The van der Waals surface area contributed by atoms with Crippen LogP contribution in [-0.2, 0) is 0 Å². The third kappa shape index (κ3) is 1.77. The lowest BCUT2D eigenvalue weighted by Gasteiger charge is -2.17. The summed E-state index contributed by atoms with van der Waals surface area (Å²) in [6, 6.07) is 11.4. The molecule has 0 aliphatic heterocycles. The molecule has 2 rings (SSSR count). The molecule has 2 aromatic carbocycles. The molecule has 82 valence electrons. The van der Waals surface area contributed by atoms with E-state index in [2.05, 4.69) is 0 Å². The van der Waals surface area contributed by atoms with Crippen LogP contribution in [0.3, 0.4) is 0 Å². The second-order valence-corrected chi connectivity index (χ2v) is 3.99. The molecule has 0 bridgehead atoms. The molecule has 0 unspecified atom stereocenters. The van der Waals surface area contributed by atoms with Crippen molar-refractivity contribution in [2.45, 2.75) is 0 Å². The van der Waals surface area contributed by atoms with Crippen LogP contribution in [-0.4, -0.2) is 31.3 Å². The standard InChI is InChI=1S/C12H14BNO2/c1-14(2)12-8-7-11(13(15)16)9-5-3-4-6-10(9)12/h3-8,15-16H,1-2H3. The first-order chi connectivity index (χ1) is 7.61.